The quantitative estimate of drug-likeness (QED) is 0.521. The molecule has 0 nitrogen and oxygen atoms in total. The van der Waals surface area contributed by atoms with Crippen LogP contribution in [0, 0.1) is 0 Å². The highest BCUT2D eigenvalue weighted by atomic mass is 35.7. The van der Waals surface area contributed by atoms with Crippen molar-refractivity contribution in [1.82, 2.24) is 0 Å². The number of rotatable bonds is 3. The van der Waals surface area contributed by atoms with E-state index in [1.807, 2.05) is 18.3 Å². The van der Waals surface area contributed by atoms with Crippen LogP contribution in [0.1, 0.15) is 20.8 Å². The molecule has 0 atom stereocenters. The number of thioether (sulfide) groups is 1. The van der Waals surface area contributed by atoms with Crippen LogP contribution in [-0.4, -0.2) is 17.2 Å². The summed E-state index contributed by atoms with van der Waals surface area (Å²) >= 11 is 13.8. The molecule has 0 unspecified atom stereocenters. The van der Waals surface area contributed by atoms with Crippen LogP contribution in [0.15, 0.2) is 0 Å². The van der Waals surface area contributed by atoms with Gasteiger partial charge in [-0.1, -0.05) is 20.8 Å². The fourth-order valence-electron chi connectivity index (χ4n) is 0.536. The summed E-state index contributed by atoms with van der Waals surface area (Å²) in [6.07, 6.45) is 0. The van der Waals surface area contributed by atoms with Gasteiger partial charge in [0.05, 0.1) is 0 Å². The highest BCUT2D eigenvalue weighted by molar-refractivity contribution is 8.00. The zero-order chi connectivity index (χ0) is 9.12. The lowest BCUT2D eigenvalue weighted by atomic mass is 10.3. The van der Waals surface area contributed by atoms with Crippen molar-refractivity contribution in [3.63, 3.8) is 0 Å². The minimum absolute atomic E-state index is 0.341. The normalized spacial score (nSPS) is 13.6. The number of hydrogen-bond donors (Lipinski definition) is 0. The third-order valence-electron chi connectivity index (χ3n) is 1.08. The zero-order valence-electron chi connectivity index (χ0n) is 7.58. The Labute approximate surface area is 84.5 Å². The predicted octanol–water partition coefficient (Wildman–Crippen LogP) is 4.07. The molecular weight excluding hydrogens is 215 g/mol. The van der Waals surface area contributed by atoms with Crippen molar-refractivity contribution in [3.05, 3.63) is 0 Å². The lowest BCUT2D eigenvalue weighted by molar-refractivity contribution is 0.803. The topological polar surface area (TPSA) is 0 Å². The molecule has 11 heavy (non-hydrogen) atoms. The molecule has 4 heteroatoms. The van der Waals surface area contributed by atoms with Gasteiger partial charge in [-0.3, -0.25) is 0 Å². The zero-order valence-corrected chi connectivity index (χ0v) is 10.9. The summed E-state index contributed by atoms with van der Waals surface area (Å²) in [7, 11) is 0. The van der Waals surface area contributed by atoms with Crippen LogP contribution in [-0.2, 0) is 0 Å². The molecule has 0 aromatic heterocycles. The molecule has 0 aliphatic rings. The molecule has 0 N–H and O–H groups in total. The van der Waals surface area contributed by atoms with E-state index in [9.17, 15) is 0 Å². The first-order chi connectivity index (χ1) is 4.71. The summed E-state index contributed by atoms with van der Waals surface area (Å²) in [6, 6.07) is 0.984. The Balaban J connectivity index is 3.44. The van der Waals surface area contributed by atoms with E-state index >= 15 is 0 Å². The minimum atomic E-state index is -1.83. The van der Waals surface area contributed by atoms with Crippen molar-refractivity contribution in [1.29, 1.82) is 0 Å². The summed E-state index contributed by atoms with van der Waals surface area (Å²) in [5.74, 6) is 1.08. The van der Waals surface area contributed by atoms with Crippen LogP contribution in [0.3, 0.4) is 0 Å². The second kappa shape index (κ2) is 4.40. The van der Waals surface area contributed by atoms with E-state index in [0.717, 1.165) is 11.8 Å². The van der Waals surface area contributed by atoms with Gasteiger partial charge >= 0.3 is 0 Å². The molecule has 0 aliphatic heterocycles. The summed E-state index contributed by atoms with van der Waals surface area (Å²) in [4.78, 5) is 0. The van der Waals surface area contributed by atoms with Gasteiger partial charge < -0.3 is 0 Å². The van der Waals surface area contributed by atoms with E-state index in [0.29, 0.717) is 4.75 Å². The minimum Gasteiger partial charge on any atom is -0.156 e. The van der Waals surface area contributed by atoms with Gasteiger partial charge in [0, 0.05) is 4.75 Å². The van der Waals surface area contributed by atoms with Crippen molar-refractivity contribution >= 4 is 40.6 Å². The Morgan fingerprint density at radius 3 is 2.00 bits per heavy atom. The molecule has 0 bridgehead atoms. The van der Waals surface area contributed by atoms with Crippen LogP contribution in [0.4, 0.5) is 0 Å². The molecule has 0 fully saturated rings. The molecule has 0 aliphatic carbocycles. The molecule has 0 spiro atoms. The van der Waals surface area contributed by atoms with Gasteiger partial charge in [0.25, 0.3) is 0 Å². The highest BCUT2D eigenvalue weighted by Gasteiger charge is 2.21. The molecule has 0 saturated carbocycles. The lowest BCUT2D eigenvalue weighted by Crippen LogP contribution is -2.16. The van der Waals surface area contributed by atoms with Crippen molar-refractivity contribution < 1.29 is 0 Å². The SMILES string of the molecule is CC(C)(C)SCC[Si](C)(Cl)Cl. The third kappa shape index (κ3) is 11.1. The summed E-state index contributed by atoms with van der Waals surface area (Å²) < 4.78 is 0.341. The second-order valence-electron chi connectivity index (χ2n) is 3.78. The molecule has 0 radical (unpaired) electrons. The van der Waals surface area contributed by atoms with Gasteiger partial charge in [0.15, 0.2) is 0 Å². The fraction of sp³-hybridized carbons (Fsp3) is 1.00. The molecule has 68 valence electrons. The molecule has 0 amide bonds. The third-order valence-corrected chi connectivity index (χ3v) is 4.97. The average molecular weight is 231 g/mol. The first kappa shape index (κ1) is 12.1. The number of hydrogen-bond acceptors (Lipinski definition) is 1. The molecule has 0 aromatic rings. The standard InChI is InChI=1S/C7H16Cl2SSi/c1-7(2,3)10-5-6-11(4,8)9/h5-6H2,1-4H3. The van der Waals surface area contributed by atoms with Crippen molar-refractivity contribution in [3.8, 4) is 0 Å². The van der Waals surface area contributed by atoms with Crippen LogP contribution in [0.5, 0.6) is 0 Å². The van der Waals surface area contributed by atoms with E-state index in [2.05, 4.69) is 20.8 Å². The predicted molar refractivity (Wildman–Crippen MR) is 60.3 cm³/mol. The first-order valence-electron chi connectivity index (χ1n) is 3.72. The molecule has 0 heterocycles. The smallest absolute Gasteiger partial charge is 0.156 e. The summed E-state index contributed by atoms with van der Waals surface area (Å²) in [5.41, 5.74) is 0. The second-order valence-corrected chi connectivity index (χ2v) is 13.9. The Morgan fingerprint density at radius 2 is 1.73 bits per heavy atom. The van der Waals surface area contributed by atoms with Gasteiger partial charge in [-0.05, 0) is 18.3 Å². The maximum absolute atomic E-state index is 5.95. The van der Waals surface area contributed by atoms with Crippen molar-refractivity contribution in [2.45, 2.75) is 38.1 Å². The first-order valence-corrected chi connectivity index (χ1v) is 9.44. The van der Waals surface area contributed by atoms with E-state index in [4.69, 9.17) is 22.2 Å². The lowest BCUT2D eigenvalue weighted by Gasteiger charge is -2.18. The van der Waals surface area contributed by atoms with Crippen LogP contribution >= 0.6 is 33.9 Å². The number of halogens is 2. The van der Waals surface area contributed by atoms with Gasteiger partial charge in [0.1, 0.15) is 0 Å². The largest absolute Gasteiger partial charge is 0.249 e. The van der Waals surface area contributed by atoms with E-state index in [-0.39, 0.29) is 0 Å². The van der Waals surface area contributed by atoms with Gasteiger partial charge in [-0.2, -0.15) is 11.8 Å². The molecular formula is C7H16Cl2SSi. The maximum atomic E-state index is 5.95. The summed E-state index contributed by atoms with van der Waals surface area (Å²) in [6.45, 7) is 6.76. The van der Waals surface area contributed by atoms with Crippen molar-refractivity contribution in [2.75, 3.05) is 5.75 Å². The average Bonchev–Trinajstić information content (AvgIpc) is 1.55. The van der Waals surface area contributed by atoms with Crippen LogP contribution < -0.4 is 0 Å². The highest BCUT2D eigenvalue weighted by Crippen LogP contribution is 2.28. The fourth-order valence-corrected chi connectivity index (χ4v) is 4.38. The van der Waals surface area contributed by atoms with Crippen LogP contribution in [0.25, 0.3) is 0 Å². The monoisotopic (exact) mass is 230 g/mol. The van der Waals surface area contributed by atoms with Gasteiger partial charge in [-0.15, -0.1) is 22.2 Å². The van der Waals surface area contributed by atoms with E-state index in [1.54, 1.807) is 0 Å². The van der Waals surface area contributed by atoms with Gasteiger partial charge in [-0.25, -0.2) is 0 Å². The molecule has 0 rings (SSSR count). The van der Waals surface area contributed by atoms with E-state index in [1.165, 1.54) is 0 Å². The maximum Gasteiger partial charge on any atom is 0.249 e. The summed E-state index contributed by atoms with van der Waals surface area (Å²) in [5, 5.41) is 0. The Morgan fingerprint density at radius 1 is 1.27 bits per heavy atom. The Bertz CT molecular complexity index is 101. The van der Waals surface area contributed by atoms with E-state index < -0.39 is 6.69 Å². The molecule has 0 aromatic carbocycles. The van der Waals surface area contributed by atoms with Crippen molar-refractivity contribution in [2.24, 2.45) is 0 Å². The van der Waals surface area contributed by atoms with Crippen LogP contribution in [0.2, 0.25) is 12.6 Å². The Kier molecular flexibility index (Phi) is 4.86. The Hall–Kier alpha value is 1.15. The van der Waals surface area contributed by atoms with Gasteiger partial charge in [0.2, 0.25) is 6.69 Å². The molecule has 0 saturated heterocycles.